The minimum atomic E-state index is -0.212. The highest BCUT2D eigenvalue weighted by Crippen LogP contribution is 2.18. The van der Waals surface area contributed by atoms with Crippen LogP contribution < -0.4 is 5.32 Å². The van der Waals surface area contributed by atoms with E-state index in [1.807, 2.05) is 53.4 Å². The van der Waals surface area contributed by atoms with E-state index in [-0.39, 0.29) is 11.9 Å². The van der Waals surface area contributed by atoms with Gasteiger partial charge in [0.15, 0.2) is 5.76 Å². The van der Waals surface area contributed by atoms with Crippen molar-refractivity contribution in [2.45, 2.75) is 18.3 Å². The van der Waals surface area contributed by atoms with Gasteiger partial charge in [-0.05, 0) is 24.0 Å². The van der Waals surface area contributed by atoms with Gasteiger partial charge in [-0.15, -0.1) is 0 Å². The van der Waals surface area contributed by atoms with Gasteiger partial charge < -0.3 is 14.3 Å². The summed E-state index contributed by atoms with van der Waals surface area (Å²) >= 11 is 1.66. The Balaban J connectivity index is 1.76. The maximum atomic E-state index is 12.5. The first-order valence-corrected chi connectivity index (χ1v) is 9.05. The smallest absolute Gasteiger partial charge is 0.287 e. The maximum absolute atomic E-state index is 12.5. The molecular formula is C18H19N3O2S. The molecule has 3 rings (SSSR count). The Labute approximate surface area is 145 Å². The average molecular weight is 341 g/mol. The zero-order valence-electron chi connectivity index (χ0n) is 13.4. The third kappa shape index (κ3) is 4.08. The number of aromatic nitrogens is 2. The van der Waals surface area contributed by atoms with Crippen LogP contribution in [0.3, 0.4) is 0 Å². The third-order valence-electron chi connectivity index (χ3n) is 3.63. The van der Waals surface area contributed by atoms with Gasteiger partial charge in [-0.25, -0.2) is 4.98 Å². The Morgan fingerprint density at radius 3 is 2.83 bits per heavy atom. The van der Waals surface area contributed by atoms with E-state index in [0.29, 0.717) is 12.3 Å². The maximum Gasteiger partial charge on any atom is 0.287 e. The highest BCUT2D eigenvalue weighted by Gasteiger charge is 2.18. The van der Waals surface area contributed by atoms with Gasteiger partial charge in [-0.3, -0.25) is 4.79 Å². The molecule has 6 heteroatoms. The molecule has 124 valence electrons. The minimum Gasteiger partial charge on any atom is -0.455 e. The molecule has 0 aliphatic rings. The van der Waals surface area contributed by atoms with Gasteiger partial charge in [0.1, 0.15) is 5.76 Å². The molecule has 3 aromatic rings. The first-order valence-electron chi connectivity index (χ1n) is 7.65. The fourth-order valence-corrected chi connectivity index (χ4v) is 2.91. The number of nitrogens with one attached hydrogen (secondary N) is 1. The van der Waals surface area contributed by atoms with Crippen molar-refractivity contribution in [3.63, 3.8) is 0 Å². The number of furan rings is 1. The Kier molecular flexibility index (Phi) is 5.38. The van der Waals surface area contributed by atoms with Crippen LogP contribution in [0.2, 0.25) is 0 Å². The van der Waals surface area contributed by atoms with Crippen molar-refractivity contribution < 1.29 is 9.21 Å². The number of carbonyl (C=O) groups is 1. The highest BCUT2D eigenvalue weighted by atomic mass is 32.2. The molecular weight excluding hydrogens is 322 g/mol. The van der Waals surface area contributed by atoms with Crippen molar-refractivity contribution in [1.82, 2.24) is 14.9 Å². The summed E-state index contributed by atoms with van der Waals surface area (Å²) in [6.07, 6.45) is 7.35. The molecule has 1 aromatic carbocycles. The molecule has 5 nitrogen and oxygen atoms in total. The second-order valence-corrected chi connectivity index (χ2v) is 6.26. The van der Waals surface area contributed by atoms with Crippen molar-refractivity contribution in [2.75, 3.05) is 6.26 Å². The highest BCUT2D eigenvalue weighted by molar-refractivity contribution is 7.97. The summed E-state index contributed by atoms with van der Waals surface area (Å²) in [5.74, 6) is 1.69. The molecule has 2 aromatic heterocycles. The lowest BCUT2D eigenvalue weighted by Crippen LogP contribution is -2.31. The standard InChI is InChI=1S/C18H19N3O2S/c1-24-12-15-7-8-17(23-15)18(22)20-16(11-21-10-9-19-13-21)14-5-3-2-4-6-14/h2-10,13,16H,11-12H2,1H3,(H,20,22)/t16-/m0/s1. The molecule has 0 radical (unpaired) electrons. The van der Waals surface area contributed by atoms with Crippen LogP contribution in [-0.4, -0.2) is 21.7 Å². The van der Waals surface area contributed by atoms with E-state index in [1.165, 1.54) is 0 Å². The summed E-state index contributed by atoms with van der Waals surface area (Å²) < 4.78 is 7.55. The molecule has 1 N–H and O–H groups in total. The van der Waals surface area contributed by atoms with E-state index in [2.05, 4.69) is 10.3 Å². The van der Waals surface area contributed by atoms with E-state index >= 15 is 0 Å². The van der Waals surface area contributed by atoms with Gasteiger partial charge in [0.25, 0.3) is 5.91 Å². The molecule has 0 fully saturated rings. The van der Waals surface area contributed by atoms with Crippen LogP contribution in [0.5, 0.6) is 0 Å². The monoisotopic (exact) mass is 341 g/mol. The van der Waals surface area contributed by atoms with Crippen molar-refractivity contribution in [2.24, 2.45) is 0 Å². The normalized spacial score (nSPS) is 12.0. The summed E-state index contributed by atoms with van der Waals surface area (Å²) in [5, 5.41) is 3.06. The fourth-order valence-electron chi connectivity index (χ4n) is 2.47. The second-order valence-electron chi connectivity index (χ2n) is 5.40. The topological polar surface area (TPSA) is 60.1 Å². The van der Waals surface area contributed by atoms with E-state index in [0.717, 1.165) is 17.1 Å². The van der Waals surface area contributed by atoms with Gasteiger partial charge >= 0.3 is 0 Å². The van der Waals surface area contributed by atoms with Crippen LogP contribution in [0.15, 0.2) is 65.6 Å². The molecule has 1 atom stereocenters. The summed E-state index contributed by atoms with van der Waals surface area (Å²) in [7, 11) is 0. The van der Waals surface area contributed by atoms with Crippen LogP contribution in [0, 0.1) is 0 Å². The fraction of sp³-hybridized carbons (Fsp3) is 0.222. The van der Waals surface area contributed by atoms with E-state index in [4.69, 9.17) is 4.42 Å². The SMILES string of the molecule is CSCc1ccc(C(=O)N[C@@H](Cn2ccnc2)c2ccccc2)o1. The average Bonchev–Trinajstić information content (AvgIpc) is 3.27. The number of carbonyl (C=O) groups excluding carboxylic acids is 1. The number of thioether (sulfide) groups is 1. The molecule has 0 unspecified atom stereocenters. The summed E-state index contributed by atoms with van der Waals surface area (Å²) in [6, 6.07) is 13.3. The Bertz CT molecular complexity index is 769. The number of hydrogen-bond donors (Lipinski definition) is 1. The first kappa shape index (κ1) is 16.4. The van der Waals surface area contributed by atoms with E-state index in [1.54, 1.807) is 30.4 Å². The predicted molar refractivity (Wildman–Crippen MR) is 94.8 cm³/mol. The lowest BCUT2D eigenvalue weighted by Gasteiger charge is -2.19. The third-order valence-corrected chi connectivity index (χ3v) is 4.21. The molecule has 0 saturated heterocycles. The number of rotatable bonds is 7. The van der Waals surface area contributed by atoms with Crippen LogP contribution in [0.25, 0.3) is 0 Å². The molecule has 0 saturated carbocycles. The van der Waals surface area contributed by atoms with Gasteiger partial charge in [0.2, 0.25) is 0 Å². The van der Waals surface area contributed by atoms with E-state index < -0.39 is 0 Å². The van der Waals surface area contributed by atoms with Crippen LogP contribution >= 0.6 is 11.8 Å². The minimum absolute atomic E-state index is 0.165. The predicted octanol–water partition coefficient (Wildman–Crippen LogP) is 3.51. The second kappa shape index (κ2) is 7.88. The van der Waals surface area contributed by atoms with Gasteiger partial charge in [0.05, 0.1) is 18.1 Å². The largest absolute Gasteiger partial charge is 0.455 e. The molecule has 0 aliphatic carbocycles. The number of nitrogens with zero attached hydrogens (tertiary/aromatic N) is 2. The number of hydrogen-bond acceptors (Lipinski definition) is 4. The van der Waals surface area contributed by atoms with Crippen molar-refractivity contribution in [3.8, 4) is 0 Å². The molecule has 24 heavy (non-hydrogen) atoms. The van der Waals surface area contributed by atoms with Crippen LogP contribution in [0.1, 0.15) is 27.9 Å². The summed E-state index contributed by atoms with van der Waals surface area (Å²) in [6.45, 7) is 0.605. The zero-order valence-corrected chi connectivity index (χ0v) is 14.2. The molecule has 0 aliphatic heterocycles. The lowest BCUT2D eigenvalue weighted by molar-refractivity contribution is 0.0903. The van der Waals surface area contributed by atoms with Gasteiger partial charge in [-0.1, -0.05) is 30.3 Å². The quantitative estimate of drug-likeness (QED) is 0.714. The number of amides is 1. The molecule has 0 spiro atoms. The van der Waals surface area contributed by atoms with Crippen molar-refractivity contribution in [1.29, 1.82) is 0 Å². The van der Waals surface area contributed by atoms with Crippen molar-refractivity contribution in [3.05, 3.63) is 78.3 Å². The van der Waals surface area contributed by atoms with Gasteiger partial charge in [-0.2, -0.15) is 11.8 Å². The van der Waals surface area contributed by atoms with Crippen molar-refractivity contribution >= 4 is 17.7 Å². The summed E-state index contributed by atoms with van der Waals surface area (Å²) in [4.78, 5) is 16.6. The van der Waals surface area contributed by atoms with Crippen LogP contribution in [-0.2, 0) is 12.3 Å². The lowest BCUT2D eigenvalue weighted by atomic mass is 10.1. The molecule has 1 amide bonds. The van der Waals surface area contributed by atoms with Gasteiger partial charge in [0, 0.05) is 18.9 Å². The zero-order chi connectivity index (χ0) is 16.8. The Morgan fingerprint density at radius 1 is 1.29 bits per heavy atom. The molecule has 0 bridgehead atoms. The molecule has 2 heterocycles. The first-order chi connectivity index (χ1) is 11.8. The number of benzene rings is 1. The number of imidazole rings is 1. The van der Waals surface area contributed by atoms with E-state index in [9.17, 15) is 4.79 Å². The Morgan fingerprint density at radius 2 is 2.12 bits per heavy atom. The summed E-state index contributed by atoms with van der Waals surface area (Å²) in [5.41, 5.74) is 1.04. The van der Waals surface area contributed by atoms with Crippen LogP contribution in [0.4, 0.5) is 0 Å². The Hall–Kier alpha value is -2.47.